The van der Waals surface area contributed by atoms with Crippen LogP contribution >= 0.6 is 11.6 Å². The summed E-state index contributed by atoms with van der Waals surface area (Å²) in [6.45, 7) is 0.476. The zero-order valence-corrected chi connectivity index (χ0v) is 11.4. The number of benzene rings is 2. The standard InChI is InChI=1S/C16H16ClNO/c17-13-4-7-16(12(8-13)10-18)11-2-1-3-15(9-11)19-14-5-6-14/h1-4,7-9,14H,5-6,10,18H2. The SMILES string of the molecule is NCc1cc(Cl)ccc1-c1cccc(OC2CC2)c1. The van der Waals surface area contributed by atoms with Crippen LogP contribution in [0.2, 0.25) is 5.02 Å². The van der Waals surface area contributed by atoms with Gasteiger partial charge < -0.3 is 10.5 Å². The first-order valence-corrected chi connectivity index (χ1v) is 6.89. The first kappa shape index (κ1) is 12.5. The molecule has 98 valence electrons. The summed E-state index contributed by atoms with van der Waals surface area (Å²) >= 11 is 6.01. The van der Waals surface area contributed by atoms with E-state index in [2.05, 4.69) is 12.1 Å². The van der Waals surface area contributed by atoms with Crippen molar-refractivity contribution in [3.8, 4) is 16.9 Å². The van der Waals surface area contributed by atoms with Crippen molar-refractivity contribution in [3.05, 3.63) is 53.1 Å². The Hall–Kier alpha value is -1.51. The fourth-order valence-electron chi connectivity index (χ4n) is 2.13. The molecule has 0 unspecified atom stereocenters. The zero-order chi connectivity index (χ0) is 13.2. The van der Waals surface area contributed by atoms with E-state index in [1.165, 1.54) is 12.8 Å². The fourth-order valence-corrected chi connectivity index (χ4v) is 2.32. The normalized spacial score (nSPS) is 14.4. The molecule has 1 fully saturated rings. The highest BCUT2D eigenvalue weighted by Crippen LogP contribution is 2.31. The molecular formula is C16H16ClNO. The third kappa shape index (κ3) is 2.91. The summed E-state index contributed by atoms with van der Waals surface area (Å²) in [7, 11) is 0. The number of halogens is 1. The lowest BCUT2D eigenvalue weighted by atomic mass is 9.99. The van der Waals surface area contributed by atoms with E-state index in [0.717, 1.165) is 27.5 Å². The maximum atomic E-state index is 6.01. The number of hydrogen-bond acceptors (Lipinski definition) is 2. The Labute approximate surface area is 118 Å². The summed E-state index contributed by atoms with van der Waals surface area (Å²) in [5, 5.41) is 0.717. The van der Waals surface area contributed by atoms with E-state index in [0.29, 0.717) is 12.6 Å². The van der Waals surface area contributed by atoms with Crippen molar-refractivity contribution >= 4 is 11.6 Å². The molecule has 1 aliphatic carbocycles. The fraction of sp³-hybridized carbons (Fsp3) is 0.250. The Bertz CT molecular complexity index is 593. The summed E-state index contributed by atoms with van der Waals surface area (Å²) in [6, 6.07) is 14.0. The molecule has 0 amide bonds. The summed E-state index contributed by atoms with van der Waals surface area (Å²) < 4.78 is 5.83. The molecule has 0 bridgehead atoms. The predicted octanol–water partition coefficient (Wildman–Crippen LogP) is 4.01. The molecule has 3 heteroatoms. The Morgan fingerprint density at radius 1 is 1.16 bits per heavy atom. The van der Waals surface area contributed by atoms with Gasteiger partial charge in [0.1, 0.15) is 5.75 Å². The second-order valence-electron chi connectivity index (χ2n) is 4.85. The summed E-state index contributed by atoms with van der Waals surface area (Å²) in [5.41, 5.74) is 9.09. The van der Waals surface area contributed by atoms with E-state index in [9.17, 15) is 0 Å². The van der Waals surface area contributed by atoms with E-state index in [-0.39, 0.29) is 0 Å². The van der Waals surface area contributed by atoms with Crippen molar-refractivity contribution < 1.29 is 4.74 Å². The van der Waals surface area contributed by atoms with Gasteiger partial charge in [-0.3, -0.25) is 0 Å². The van der Waals surface area contributed by atoms with Crippen LogP contribution in [0, 0.1) is 0 Å². The molecule has 0 aliphatic heterocycles. The van der Waals surface area contributed by atoms with Gasteiger partial charge in [-0.05, 0) is 53.8 Å². The van der Waals surface area contributed by atoms with Gasteiger partial charge >= 0.3 is 0 Å². The van der Waals surface area contributed by atoms with Gasteiger partial charge in [0.2, 0.25) is 0 Å². The van der Waals surface area contributed by atoms with Crippen LogP contribution in [0.3, 0.4) is 0 Å². The first-order valence-electron chi connectivity index (χ1n) is 6.52. The molecule has 1 saturated carbocycles. The van der Waals surface area contributed by atoms with E-state index < -0.39 is 0 Å². The van der Waals surface area contributed by atoms with E-state index >= 15 is 0 Å². The molecular weight excluding hydrogens is 258 g/mol. The van der Waals surface area contributed by atoms with Crippen LogP contribution in [0.4, 0.5) is 0 Å². The van der Waals surface area contributed by atoms with Gasteiger partial charge in [0.15, 0.2) is 0 Å². The van der Waals surface area contributed by atoms with E-state index in [1.807, 2.05) is 30.3 Å². The average molecular weight is 274 g/mol. The highest BCUT2D eigenvalue weighted by molar-refractivity contribution is 6.30. The molecule has 2 aromatic carbocycles. The highest BCUT2D eigenvalue weighted by atomic mass is 35.5. The quantitative estimate of drug-likeness (QED) is 0.914. The Balaban J connectivity index is 1.96. The smallest absolute Gasteiger partial charge is 0.120 e. The molecule has 3 rings (SSSR count). The zero-order valence-electron chi connectivity index (χ0n) is 10.6. The van der Waals surface area contributed by atoms with Gasteiger partial charge in [-0.2, -0.15) is 0 Å². The molecule has 0 aromatic heterocycles. The highest BCUT2D eigenvalue weighted by Gasteiger charge is 2.23. The van der Waals surface area contributed by atoms with Gasteiger partial charge in [0.05, 0.1) is 6.10 Å². The summed E-state index contributed by atoms with van der Waals surface area (Å²) in [4.78, 5) is 0. The maximum absolute atomic E-state index is 6.01. The third-order valence-electron chi connectivity index (χ3n) is 3.26. The number of nitrogens with two attached hydrogens (primary N) is 1. The van der Waals surface area contributed by atoms with Crippen LogP contribution in [0.25, 0.3) is 11.1 Å². The lowest BCUT2D eigenvalue weighted by Crippen LogP contribution is -1.99. The van der Waals surface area contributed by atoms with Crippen LogP contribution in [0.15, 0.2) is 42.5 Å². The van der Waals surface area contributed by atoms with Crippen molar-refractivity contribution in [2.24, 2.45) is 5.73 Å². The molecule has 2 N–H and O–H groups in total. The average Bonchev–Trinajstić information content (AvgIpc) is 3.23. The number of ether oxygens (including phenoxy) is 1. The minimum absolute atomic E-state index is 0.412. The minimum Gasteiger partial charge on any atom is -0.490 e. The van der Waals surface area contributed by atoms with Crippen molar-refractivity contribution in [1.82, 2.24) is 0 Å². The van der Waals surface area contributed by atoms with Crippen molar-refractivity contribution in [2.75, 3.05) is 0 Å². The lowest BCUT2D eigenvalue weighted by Gasteiger charge is -2.11. The van der Waals surface area contributed by atoms with Crippen LogP contribution in [-0.4, -0.2) is 6.10 Å². The summed E-state index contributed by atoms with van der Waals surface area (Å²) in [6.07, 6.45) is 2.74. The van der Waals surface area contributed by atoms with E-state index in [4.69, 9.17) is 22.1 Å². The van der Waals surface area contributed by atoms with Gasteiger partial charge in [-0.15, -0.1) is 0 Å². The monoisotopic (exact) mass is 273 g/mol. The number of hydrogen-bond donors (Lipinski definition) is 1. The van der Waals surface area contributed by atoms with Crippen LogP contribution < -0.4 is 10.5 Å². The third-order valence-corrected chi connectivity index (χ3v) is 3.49. The summed E-state index contributed by atoms with van der Waals surface area (Å²) in [5.74, 6) is 0.929. The molecule has 0 radical (unpaired) electrons. The van der Waals surface area contributed by atoms with Crippen molar-refractivity contribution in [3.63, 3.8) is 0 Å². The Kier molecular flexibility index (Phi) is 3.45. The molecule has 2 nitrogen and oxygen atoms in total. The second kappa shape index (κ2) is 5.24. The molecule has 2 aromatic rings. The second-order valence-corrected chi connectivity index (χ2v) is 5.29. The number of rotatable bonds is 4. The van der Waals surface area contributed by atoms with Gasteiger partial charge in [-0.25, -0.2) is 0 Å². The van der Waals surface area contributed by atoms with E-state index in [1.54, 1.807) is 0 Å². The molecule has 0 saturated heterocycles. The largest absolute Gasteiger partial charge is 0.490 e. The van der Waals surface area contributed by atoms with Gasteiger partial charge in [-0.1, -0.05) is 29.8 Å². The van der Waals surface area contributed by atoms with Gasteiger partial charge in [0, 0.05) is 11.6 Å². The molecule has 0 spiro atoms. The topological polar surface area (TPSA) is 35.2 Å². The Morgan fingerprint density at radius 2 is 2.00 bits per heavy atom. The lowest BCUT2D eigenvalue weighted by molar-refractivity contribution is 0.303. The van der Waals surface area contributed by atoms with Crippen LogP contribution in [-0.2, 0) is 6.54 Å². The first-order chi connectivity index (χ1) is 9.26. The van der Waals surface area contributed by atoms with Crippen molar-refractivity contribution in [2.45, 2.75) is 25.5 Å². The Morgan fingerprint density at radius 3 is 2.74 bits per heavy atom. The minimum atomic E-state index is 0.412. The van der Waals surface area contributed by atoms with Crippen LogP contribution in [0.1, 0.15) is 18.4 Å². The predicted molar refractivity (Wildman–Crippen MR) is 78.4 cm³/mol. The van der Waals surface area contributed by atoms with Crippen molar-refractivity contribution in [1.29, 1.82) is 0 Å². The molecule has 1 aliphatic rings. The maximum Gasteiger partial charge on any atom is 0.120 e. The van der Waals surface area contributed by atoms with Crippen LogP contribution in [0.5, 0.6) is 5.75 Å². The molecule has 0 heterocycles. The molecule has 19 heavy (non-hydrogen) atoms. The molecule has 0 atom stereocenters. The van der Waals surface area contributed by atoms with Gasteiger partial charge in [0.25, 0.3) is 0 Å².